The standard InChI is InChI=1S/C16H23FN2O/c17-13-4-1-3-12(11-13)14(18)7-8-19-9-10-20-16-6-2-5-15(16)19/h1,3-4,11,14-16H,2,5-10,18H2. The van der Waals surface area contributed by atoms with E-state index in [4.69, 9.17) is 10.5 Å². The van der Waals surface area contributed by atoms with Crippen molar-refractivity contribution in [3.63, 3.8) is 0 Å². The van der Waals surface area contributed by atoms with Crippen LogP contribution in [-0.2, 0) is 4.74 Å². The summed E-state index contributed by atoms with van der Waals surface area (Å²) in [5.41, 5.74) is 7.08. The van der Waals surface area contributed by atoms with Crippen molar-refractivity contribution in [2.24, 2.45) is 5.73 Å². The molecule has 0 bridgehead atoms. The molecule has 2 fully saturated rings. The van der Waals surface area contributed by atoms with Gasteiger partial charge in [-0.15, -0.1) is 0 Å². The second-order valence-electron chi connectivity index (χ2n) is 5.89. The second kappa shape index (κ2) is 6.20. The lowest BCUT2D eigenvalue weighted by atomic mass is 10.0. The third-order valence-electron chi connectivity index (χ3n) is 4.60. The van der Waals surface area contributed by atoms with E-state index in [1.807, 2.05) is 6.07 Å². The number of ether oxygens (including phenoxy) is 1. The van der Waals surface area contributed by atoms with Crippen LogP contribution in [0.25, 0.3) is 0 Å². The van der Waals surface area contributed by atoms with Gasteiger partial charge in [0, 0.05) is 25.2 Å². The summed E-state index contributed by atoms with van der Waals surface area (Å²) >= 11 is 0. The third-order valence-corrected chi connectivity index (χ3v) is 4.60. The summed E-state index contributed by atoms with van der Waals surface area (Å²) in [6.07, 6.45) is 4.99. The number of nitrogens with zero attached hydrogens (tertiary/aromatic N) is 1. The van der Waals surface area contributed by atoms with E-state index in [1.54, 1.807) is 12.1 Å². The van der Waals surface area contributed by atoms with Crippen LogP contribution in [0.3, 0.4) is 0 Å². The van der Waals surface area contributed by atoms with Crippen LogP contribution in [0.4, 0.5) is 4.39 Å². The number of fused-ring (bicyclic) bond motifs is 1. The Morgan fingerprint density at radius 2 is 2.30 bits per heavy atom. The molecule has 2 N–H and O–H groups in total. The van der Waals surface area contributed by atoms with Gasteiger partial charge in [-0.1, -0.05) is 12.1 Å². The molecule has 110 valence electrons. The van der Waals surface area contributed by atoms with Crippen LogP contribution in [0.15, 0.2) is 24.3 Å². The van der Waals surface area contributed by atoms with Crippen LogP contribution in [0.2, 0.25) is 0 Å². The van der Waals surface area contributed by atoms with Crippen LogP contribution < -0.4 is 5.73 Å². The van der Waals surface area contributed by atoms with Crippen molar-refractivity contribution in [2.45, 2.75) is 43.9 Å². The van der Waals surface area contributed by atoms with E-state index in [1.165, 1.54) is 25.3 Å². The van der Waals surface area contributed by atoms with E-state index < -0.39 is 0 Å². The Bertz CT molecular complexity index is 454. The molecule has 2 aliphatic rings. The Kier molecular flexibility index (Phi) is 4.34. The number of hydrogen-bond acceptors (Lipinski definition) is 3. The monoisotopic (exact) mass is 278 g/mol. The lowest BCUT2D eigenvalue weighted by molar-refractivity contribution is -0.0561. The minimum Gasteiger partial charge on any atom is -0.375 e. The van der Waals surface area contributed by atoms with Crippen molar-refractivity contribution in [1.82, 2.24) is 4.90 Å². The molecule has 3 nitrogen and oxygen atoms in total. The highest BCUT2D eigenvalue weighted by Gasteiger charge is 2.35. The summed E-state index contributed by atoms with van der Waals surface area (Å²) in [4.78, 5) is 2.51. The summed E-state index contributed by atoms with van der Waals surface area (Å²) in [5.74, 6) is -0.208. The molecule has 1 aliphatic heterocycles. The molecule has 3 atom stereocenters. The number of nitrogens with two attached hydrogens (primary N) is 1. The van der Waals surface area contributed by atoms with Gasteiger partial charge < -0.3 is 10.5 Å². The zero-order chi connectivity index (χ0) is 13.9. The zero-order valence-corrected chi connectivity index (χ0v) is 11.8. The average molecular weight is 278 g/mol. The van der Waals surface area contributed by atoms with E-state index in [-0.39, 0.29) is 11.9 Å². The van der Waals surface area contributed by atoms with Gasteiger partial charge in [-0.05, 0) is 43.4 Å². The fourth-order valence-electron chi connectivity index (χ4n) is 3.49. The smallest absolute Gasteiger partial charge is 0.123 e. The number of hydrogen-bond donors (Lipinski definition) is 1. The summed E-state index contributed by atoms with van der Waals surface area (Å²) < 4.78 is 19.0. The molecule has 1 aromatic rings. The Labute approximate surface area is 119 Å². The van der Waals surface area contributed by atoms with E-state index in [9.17, 15) is 4.39 Å². The molecule has 1 heterocycles. The van der Waals surface area contributed by atoms with Gasteiger partial charge in [-0.2, -0.15) is 0 Å². The Hall–Kier alpha value is -0.970. The average Bonchev–Trinajstić information content (AvgIpc) is 2.93. The predicted octanol–water partition coefficient (Wildman–Crippen LogP) is 2.47. The quantitative estimate of drug-likeness (QED) is 0.919. The Morgan fingerprint density at radius 3 is 3.15 bits per heavy atom. The molecular weight excluding hydrogens is 255 g/mol. The molecule has 1 aromatic carbocycles. The number of morpholine rings is 1. The van der Waals surface area contributed by atoms with E-state index >= 15 is 0 Å². The molecule has 3 unspecified atom stereocenters. The van der Waals surface area contributed by atoms with Gasteiger partial charge in [0.1, 0.15) is 5.82 Å². The highest BCUT2D eigenvalue weighted by atomic mass is 19.1. The van der Waals surface area contributed by atoms with Crippen molar-refractivity contribution >= 4 is 0 Å². The molecule has 1 saturated heterocycles. The van der Waals surface area contributed by atoms with Crippen LogP contribution in [0.1, 0.15) is 37.3 Å². The minimum absolute atomic E-state index is 0.0894. The lowest BCUT2D eigenvalue weighted by Crippen LogP contribution is -2.49. The molecule has 1 aliphatic carbocycles. The lowest BCUT2D eigenvalue weighted by Gasteiger charge is -2.38. The fourth-order valence-corrected chi connectivity index (χ4v) is 3.49. The molecule has 3 rings (SSSR count). The van der Waals surface area contributed by atoms with Gasteiger partial charge in [0.05, 0.1) is 12.7 Å². The highest BCUT2D eigenvalue weighted by Crippen LogP contribution is 2.30. The minimum atomic E-state index is -0.208. The molecule has 0 amide bonds. The summed E-state index contributed by atoms with van der Waals surface area (Å²) in [6.45, 7) is 2.80. The first-order valence-electron chi connectivity index (χ1n) is 7.61. The molecule has 0 radical (unpaired) electrons. The van der Waals surface area contributed by atoms with Crippen molar-refractivity contribution in [3.8, 4) is 0 Å². The largest absolute Gasteiger partial charge is 0.375 e. The van der Waals surface area contributed by atoms with Crippen LogP contribution in [-0.4, -0.2) is 36.7 Å². The molecular formula is C16H23FN2O. The second-order valence-corrected chi connectivity index (χ2v) is 5.89. The summed E-state index contributed by atoms with van der Waals surface area (Å²) in [7, 11) is 0. The number of halogens is 1. The molecule has 20 heavy (non-hydrogen) atoms. The molecule has 0 aromatic heterocycles. The van der Waals surface area contributed by atoms with Crippen molar-refractivity contribution in [1.29, 1.82) is 0 Å². The third kappa shape index (κ3) is 3.03. The fraction of sp³-hybridized carbons (Fsp3) is 0.625. The van der Waals surface area contributed by atoms with Crippen LogP contribution >= 0.6 is 0 Å². The Morgan fingerprint density at radius 1 is 1.40 bits per heavy atom. The van der Waals surface area contributed by atoms with Gasteiger partial charge in [0.15, 0.2) is 0 Å². The van der Waals surface area contributed by atoms with Gasteiger partial charge in [-0.25, -0.2) is 4.39 Å². The molecule has 4 heteroatoms. The van der Waals surface area contributed by atoms with E-state index in [0.717, 1.165) is 31.7 Å². The van der Waals surface area contributed by atoms with Gasteiger partial charge >= 0.3 is 0 Å². The molecule has 1 saturated carbocycles. The normalized spacial score (nSPS) is 28.3. The van der Waals surface area contributed by atoms with Crippen molar-refractivity contribution in [3.05, 3.63) is 35.6 Å². The maximum atomic E-state index is 13.2. The predicted molar refractivity (Wildman–Crippen MR) is 76.9 cm³/mol. The van der Waals surface area contributed by atoms with E-state index in [0.29, 0.717) is 12.1 Å². The van der Waals surface area contributed by atoms with Gasteiger partial charge in [0.2, 0.25) is 0 Å². The van der Waals surface area contributed by atoms with E-state index in [2.05, 4.69) is 4.90 Å². The van der Waals surface area contributed by atoms with Gasteiger partial charge in [-0.3, -0.25) is 4.90 Å². The topological polar surface area (TPSA) is 38.5 Å². The zero-order valence-electron chi connectivity index (χ0n) is 11.8. The summed E-state index contributed by atoms with van der Waals surface area (Å²) in [5, 5.41) is 0. The Balaban J connectivity index is 1.56. The summed E-state index contributed by atoms with van der Waals surface area (Å²) in [6, 6.07) is 7.12. The first-order valence-corrected chi connectivity index (χ1v) is 7.61. The van der Waals surface area contributed by atoms with Gasteiger partial charge in [0.25, 0.3) is 0 Å². The van der Waals surface area contributed by atoms with Crippen LogP contribution in [0.5, 0.6) is 0 Å². The first kappa shape index (κ1) is 14.0. The maximum Gasteiger partial charge on any atom is 0.123 e. The SMILES string of the molecule is NC(CCN1CCOC2CCCC21)c1cccc(F)c1. The number of benzene rings is 1. The van der Waals surface area contributed by atoms with Crippen molar-refractivity contribution in [2.75, 3.05) is 19.7 Å². The number of rotatable bonds is 4. The molecule has 0 spiro atoms. The highest BCUT2D eigenvalue weighted by molar-refractivity contribution is 5.19. The maximum absolute atomic E-state index is 13.2. The first-order chi connectivity index (χ1) is 9.74. The van der Waals surface area contributed by atoms with Crippen LogP contribution in [0, 0.1) is 5.82 Å². The van der Waals surface area contributed by atoms with Crippen molar-refractivity contribution < 1.29 is 9.13 Å².